The number of amides is 2. The highest BCUT2D eigenvalue weighted by atomic mass is 32.2. The van der Waals surface area contributed by atoms with E-state index in [1.165, 1.54) is 23.1 Å². The molecule has 0 aliphatic heterocycles. The minimum atomic E-state index is -0.485. The van der Waals surface area contributed by atoms with Crippen LogP contribution in [0.25, 0.3) is 0 Å². The Morgan fingerprint density at radius 1 is 1.30 bits per heavy atom. The Hall–Kier alpha value is -2.85. The summed E-state index contributed by atoms with van der Waals surface area (Å²) in [4.78, 5) is 25.9. The predicted molar refractivity (Wildman–Crippen MR) is 130 cm³/mol. The van der Waals surface area contributed by atoms with Gasteiger partial charge in [0.1, 0.15) is 16.6 Å². The molecule has 1 aliphatic rings. The van der Waals surface area contributed by atoms with Crippen molar-refractivity contribution in [3.63, 3.8) is 0 Å². The van der Waals surface area contributed by atoms with Gasteiger partial charge in [0.2, 0.25) is 5.91 Å². The highest BCUT2D eigenvalue weighted by Crippen LogP contribution is 2.39. The maximum Gasteiger partial charge on any atom is 0.251 e. The summed E-state index contributed by atoms with van der Waals surface area (Å²) in [5, 5.41) is 12.6. The molecule has 4 rings (SSSR count). The molecule has 1 aromatic carbocycles. The molecule has 0 saturated carbocycles. The van der Waals surface area contributed by atoms with E-state index in [0.717, 1.165) is 46.8 Å². The minimum absolute atomic E-state index is 0.158. The molecule has 1 atom stereocenters. The topological polar surface area (TPSA) is 112 Å². The molecular weight excluding hydrogens is 458 g/mol. The van der Waals surface area contributed by atoms with Gasteiger partial charge in [0.25, 0.3) is 5.91 Å². The second-order valence-electron chi connectivity index (χ2n) is 8.24. The summed E-state index contributed by atoms with van der Waals surface area (Å²) >= 11 is 2.78. The van der Waals surface area contributed by atoms with Crippen LogP contribution in [0.4, 0.5) is 5.00 Å². The standard InChI is InChI=1S/C23H27N5O3S2/c1-13-4-9-16-17(10-13)33-22(20(16)21(24)30)25-19(29)12-32-23-27-26-18(28(23)2)11-14-5-7-15(31-3)8-6-14/h5-8,13H,4,9-12H2,1-3H3,(H2,24,30)(H,25,29). The monoisotopic (exact) mass is 485 g/mol. The maximum absolute atomic E-state index is 12.7. The SMILES string of the molecule is COc1ccc(Cc2nnc(SCC(=O)Nc3sc4c(c3C(N)=O)CCC(C)C4)n2C)cc1. The molecular formula is C23H27N5O3S2. The Kier molecular flexibility index (Phi) is 7.04. The molecule has 0 spiro atoms. The molecule has 8 nitrogen and oxygen atoms in total. The number of hydrogen-bond donors (Lipinski definition) is 2. The number of thioether (sulfide) groups is 1. The predicted octanol–water partition coefficient (Wildman–Crippen LogP) is 3.43. The number of fused-ring (bicyclic) bond motifs is 1. The van der Waals surface area contributed by atoms with E-state index in [2.05, 4.69) is 22.4 Å². The van der Waals surface area contributed by atoms with Crippen LogP contribution in [-0.2, 0) is 31.1 Å². The third-order valence-electron chi connectivity index (χ3n) is 5.79. The maximum atomic E-state index is 12.7. The molecule has 174 valence electrons. The van der Waals surface area contributed by atoms with Gasteiger partial charge in [-0.25, -0.2) is 0 Å². The van der Waals surface area contributed by atoms with E-state index in [-0.39, 0.29) is 11.7 Å². The molecule has 0 fully saturated rings. The average molecular weight is 486 g/mol. The Labute approximate surface area is 200 Å². The number of carbonyl (C=O) groups excluding carboxylic acids is 2. The third kappa shape index (κ3) is 5.22. The largest absolute Gasteiger partial charge is 0.497 e. The number of rotatable bonds is 8. The molecule has 0 radical (unpaired) electrons. The molecule has 0 bridgehead atoms. The minimum Gasteiger partial charge on any atom is -0.497 e. The number of carbonyl (C=O) groups is 2. The lowest BCUT2D eigenvalue weighted by atomic mass is 9.88. The molecule has 3 N–H and O–H groups in total. The fraction of sp³-hybridized carbons (Fsp3) is 0.391. The van der Waals surface area contributed by atoms with Crippen molar-refractivity contribution in [2.45, 2.75) is 37.8 Å². The van der Waals surface area contributed by atoms with E-state index in [9.17, 15) is 9.59 Å². The molecule has 1 unspecified atom stereocenters. The van der Waals surface area contributed by atoms with Crippen molar-refractivity contribution >= 4 is 39.9 Å². The van der Waals surface area contributed by atoms with Crippen LogP contribution in [-0.4, -0.2) is 39.4 Å². The van der Waals surface area contributed by atoms with Gasteiger partial charge in [0.15, 0.2) is 5.16 Å². The first-order chi connectivity index (χ1) is 15.9. The highest BCUT2D eigenvalue weighted by Gasteiger charge is 2.27. The van der Waals surface area contributed by atoms with Crippen molar-refractivity contribution in [2.75, 3.05) is 18.2 Å². The molecule has 33 heavy (non-hydrogen) atoms. The van der Waals surface area contributed by atoms with Gasteiger partial charge < -0.3 is 20.4 Å². The van der Waals surface area contributed by atoms with Crippen molar-refractivity contribution in [2.24, 2.45) is 18.7 Å². The Bertz CT molecular complexity index is 1170. The van der Waals surface area contributed by atoms with Crippen LogP contribution in [0.5, 0.6) is 5.75 Å². The Morgan fingerprint density at radius 3 is 2.76 bits per heavy atom. The van der Waals surface area contributed by atoms with E-state index >= 15 is 0 Å². The van der Waals surface area contributed by atoms with Crippen LogP contribution in [0.1, 0.15) is 45.5 Å². The number of nitrogens with two attached hydrogens (primary N) is 1. The van der Waals surface area contributed by atoms with Gasteiger partial charge in [-0.3, -0.25) is 9.59 Å². The summed E-state index contributed by atoms with van der Waals surface area (Å²) in [5.74, 6) is 1.65. The fourth-order valence-electron chi connectivity index (χ4n) is 3.94. The lowest BCUT2D eigenvalue weighted by Crippen LogP contribution is -2.20. The fourth-order valence-corrected chi connectivity index (χ4v) is 6.11. The highest BCUT2D eigenvalue weighted by molar-refractivity contribution is 7.99. The first-order valence-electron chi connectivity index (χ1n) is 10.7. The summed E-state index contributed by atoms with van der Waals surface area (Å²) in [7, 11) is 3.53. The van der Waals surface area contributed by atoms with Crippen molar-refractivity contribution in [1.29, 1.82) is 0 Å². The van der Waals surface area contributed by atoms with Gasteiger partial charge in [-0.05, 0) is 48.4 Å². The van der Waals surface area contributed by atoms with Crippen LogP contribution in [0, 0.1) is 5.92 Å². The smallest absolute Gasteiger partial charge is 0.251 e. The zero-order valence-electron chi connectivity index (χ0n) is 18.9. The molecule has 2 aromatic heterocycles. The van der Waals surface area contributed by atoms with Crippen LogP contribution in [0.15, 0.2) is 29.4 Å². The summed E-state index contributed by atoms with van der Waals surface area (Å²) in [6.07, 6.45) is 3.40. The van der Waals surface area contributed by atoms with Crippen LogP contribution >= 0.6 is 23.1 Å². The third-order valence-corrected chi connectivity index (χ3v) is 7.98. The number of benzene rings is 1. The molecule has 2 amide bonds. The van der Waals surface area contributed by atoms with Crippen molar-refractivity contribution in [1.82, 2.24) is 14.8 Å². The number of primary amides is 1. The number of ether oxygens (including phenoxy) is 1. The molecule has 2 heterocycles. The lowest BCUT2D eigenvalue weighted by molar-refractivity contribution is -0.113. The molecule has 0 saturated heterocycles. The van der Waals surface area contributed by atoms with Gasteiger partial charge in [-0.1, -0.05) is 30.8 Å². The van der Waals surface area contributed by atoms with Crippen molar-refractivity contribution in [3.8, 4) is 5.75 Å². The van der Waals surface area contributed by atoms with Gasteiger partial charge in [-0.15, -0.1) is 21.5 Å². The Morgan fingerprint density at radius 2 is 2.06 bits per heavy atom. The summed E-state index contributed by atoms with van der Waals surface area (Å²) in [5.41, 5.74) is 8.21. The van der Waals surface area contributed by atoms with Crippen LogP contribution < -0.4 is 15.8 Å². The number of hydrogen-bond acceptors (Lipinski definition) is 7. The number of methoxy groups -OCH3 is 1. The van der Waals surface area contributed by atoms with E-state index in [0.29, 0.717) is 28.1 Å². The Balaban J connectivity index is 1.39. The zero-order valence-corrected chi connectivity index (χ0v) is 20.5. The van der Waals surface area contributed by atoms with Crippen molar-refractivity contribution in [3.05, 3.63) is 51.7 Å². The number of anilines is 1. The van der Waals surface area contributed by atoms with Gasteiger partial charge in [0, 0.05) is 18.3 Å². The second-order valence-corrected chi connectivity index (χ2v) is 10.3. The number of thiophene rings is 1. The number of nitrogens with zero attached hydrogens (tertiary/aromatic N) is 3. The van der Waals surface area contributed by atoms with Gasteiger partial charge >= 0.3 is 0 Å². The van der Waals surface area contributed by atoms with E-state index in [1.807, 2.05) is 35.9 Å². The molecule has 10 heteroatoms. The van der Waals surface area contributed by atoms with Crippen LogP contribution in [0.2, 0.25) is 0 Å². The summed E-state index contributed by atoms with van der Waals surface area (Å²) in [6, 6.07) is 7.81. The van der Waals surface area contributed by atoms with E-state index < -0.39 is 5.91 Å². The zero-order chi connectivity index (χ0) is 23.5. The van der Waals surface area contributed by atoms with Gasteiger partial charge in [0.05, 0.1) is 18.4 Å². The summed E-state index contributed by atoms with van der Waals surface area (Å²) in [6.45, 7) is 2.20. The lowest BCUT2D eigenvalue weighted by Gasteiger charge is -2.18. The molecule has 3 aromatic rings. The number of aromatic nitrogens is 3. The van der Waals surface area contributed by atoms with Crippen molar-refractivity contribution < 1.29 is 14.3 Å². The van der Waals surface area contributed by atoms with Gasteiger partial charge in [-0.2, -0.15) is 0 Å². The quantitative estimate of drug-likeness (QED) is 0.473. The summed E-state index contributed by atoms with van der Waals surface area (Å²) < 4.78 is 7.08. The number of nitrogens with one attached hydrogen (secondary N) is 1. The van der Waals surface area contributed by atoms with Crippen LogP contribution in [0.3, 0.4) is 0 Å². The first-order valence-corrected chi connectivity index (χ1v) is 12.5. The van der Waals surface area contributed by atoms with E-state index in [4.69, 9.17) is 10.5 Å². The average Bonchev–Trinajstić information content (AvgIpc) is 3.32. The molecule has 1 aliphatic carbocycles. The first kappa shape index (κ1) is 23.3. The second kappa shape index (κ2) is 9.96. The van der Waals surface area contributed by atoms with E-state index in [1.54, 1.807) is 7.11 Å². The normalized spacial score (nSPS) is 15.2.